The maximum absolute atomic E-state index is 13.8. The molecule has 0 saturated carbocycles. The van der Waals surface area contributed by atoms with Crippen LogP contribution < -0.4 is 5.32 Å². The van der Waals surface area contributed by atoms with Gasteiger partial charge in [-0.2, -0.15) is 0 Å². The Morgan fingerprint density at radius 1 is 1.16 bits per heavy atom. The summed E-state index contributed by atoms with van der Waals surface area (Å²) in [7, 11) is 0. The third-order valence-electron chi connectivity index (χ3n) is 3.60. The predicted octanol–water partition coefficient (Wildman–Crippen LogP) is 3.60. The standard InChI is InChI=1S/C16H27FN2/c1-5-16(14-10-8-9-11-15(14)17)18-13(4)12-19(6-2)7-3/h8-11,13,16,18H,5-7,12H2,1-4H3. The van der Waals surface area contributed by atoms with Crippen LogP contribution in [0.15, 0.2) is 24.3 Å². The second-order valence-electron chi connectivity index (χ2n) is 5.04. The SMILES string of the molecule is CCC(NC(C)CN(CC)CC)c1ccccc1F. The van der Waals surface area contributed by atoms with Crippen LogP contribution in [0.1, 0.15) is 45.7 Å². The van der Waals surface area contributed by atoms with Crippen LogP contribution in [0.25, 0.3) is 0 Å². The van der Waals surface area contributed by atoms with E-state index in [-0.39, 0.29) is 11.9 Å². The zero-order chi connectivity index (χ0) is 14.3. The first-order valence-corrected chi connectivity index (χ1v) is 7.35. The molecule has 0 aliphatic heterocycles. The zero-order valence-electron chi connectivity index (χ0n) is 12.6. The molecule has 3 heteroatoms. The third kappa shape index (κ3) is 4.92. The number of hydrogen-bond donors (Lipinski definition) is 1. The molecule has 19 heavy (non-hydrogen) atoms. The molecule has 0 bridgehead atoms. The normalized spacial score (nSPS) is 14.6. The summed E-state index contributed by atoms with van der Waals surface area (Å²) < 4.78 is 13.8. The van der Waals surface area contributed by atoms with Crippen LogP contribution >= 0.6 is 0 Å². The summed E-state index contributed by atoms with van der Waals surface area (Å²) in [4.78, 5) is 2.38. The molecule has 0 spiro atoms. The predicted molar refractivity (Wildman–Crippen MR) is 79.8 cm³/mol. The van der Waals surface area contributed by atoms with E-state index < -0.39 is 0 Å². The molecule has 1 N–H and O–H groups in total. The van der Waals surface area contributed by atoms with Crippen molar-refractivity contribution in [1.82, 2.24) is 10.2 Å². The van der Waals surface area contributed by atoms with E-state index in [4.69, 9.17) is 0 Å². The fourth-order valence-electron chi connectivity index (χ4n) is 2.45. The first-order valence-electron chi connectivity index (χ1n) is 7.35. The molecule has 108 valence electrons. The van der Waals surface area contributed by atoms with E-state index >= 15 is 0 Å². The van der Waals surface area contributed by atoms with Gasteiger partial charge in [-0.1, -0.05) is 39.0 Å². The van der Waals surface area contributed by atoms with Crippen LogP contribution in [0.2, 0.25) is 0 Å². The number of nitrogens with one attached hydrogen (secondary N) is 1. The summed E-state index contributed by atoms with van der Waals surface area (Å²) in [6.07, 6.45) is 0.892. The van der Waals surface area contributed by atoms with Gasteiger partial charge < -0.3 is 10.2 Å². The van der Waals surface area contributed by atoms with Crippen molar-refractivity contribution in [3.8, 4) is 0 Å². The second-order valence-corrected chi connectivity index (χ2v) is 5.04. The highest BCUT2D eigenvalue weighted by molar-refractivity contribution is 5.21. The summed E-state index contributed by atoms with van der Waals surface area (Å²) in [5, 5.41) is 3.54. The maximum Gasteiger partial charge on any atom is 0.127 e. The van der Waals surface area contributed by atoms with Gasteiger partial charge in [0.15, 0.2) is 0 Å². The van der Waals surface area contributed by atoms with Gasteiger partial charge in [0, 0.05) is 24.2 Å². The fraction of sp³-hybridized carbons (Fsp3) is 0.625. The van der Waals surface area contributed by atoms with Crippen LogP contribution in [0.3, 0.4) is 0 Å². The van der Waals surface area contributed by atoms with Crippen molar-refractivity contribution in [1.29, 1.82) is 0 Å². The van der Waals surface area contributed by atoms with Crippen LogP contribution in [0, 0.1) is 5.82 Å². The van der Waals surface area contributed by atoms with E-state index in [1.54, 1.807) is 6.07 Å². The van der Waals surface area contributed by atoms with Gasteiger partial charge in [-0.25, -0.2) is 4.39 Å². The van der Waals surface area contributed by atoms with Gasteiger partial charge in [-0.05, 0) is 32.5 Å². The van der Waals surface area contributed by atoms with Gasteiger partial charge in [0.25, 0.3) is 0 Å². The number of halogens is 1. The fourth-order valence-corrected chi connectivity index (χ4v) is 2.45. The van der Waals surface area contributed by atoms with Gasteiger partial charge in [0.1, 0.15) is 5.82 Å². The van der Waals surface area contributed by atoms with Crippen molar-refractivity contribution >= 4 is 0 Å². The van der Waals surface area contributed by atoms with Gasteiger partial charge in [0.05, 0.1) is 0 Å². The quantitative estimate of drug-likeness (QED) is 0.773. The molecular weight excluding hydrogens is 239 g/mol. The van der Waals surface area contributed by atoms with Crippen LogP contribution in [0.4, 0.5) is 4.39 Å². The minimum Gasteiger partial charge on any atom is -0.306 e. The Kier molecular flexibility index (Phi) is 7.03. The Labute approximate surface area is 117 Å². The van der Waals surface area contributed by atoms with Gasteiger partial charge >= 0.3 is 0 Å². The molecule has 2 atom stereocenters. The summed E-state index contributed by atoms with van der Waals surface area (Å²) in [6.45, 7) is 11.7. The molecule has 2 nitrogen and oxygen atoms in total. The molecule has 0 radical (unpaired) electrons. The average molecular weight is 266 g/mol. The highest BCUT2D eigenvalue weighted by Gasteiger charge is 2.16. The monoisotopic (exact) mass is 266 g/mol. The molecule has 1 aromatic rings. The third-order valence-corrected chi connectivity index (χ3v) is 3.60. The molecular formula is C16H27FN2. The van der Waals surface area contributed by atoms with Crippen molar-refractivity contribution in [2.75, 3.05) is 19.6 Å². The molecule has 0 fully saturated rings. The molecule has 0 amide bonds. The average Bonchev–Trinajstić information content (AvgIpc) is 2.43. The Bertz CT molecular complexity index is 364. The number of nitrogens with zero attached hydrogens (tertiary/aromatic N) is 1. The van der Waals surface area contributed by atoms with Crippen LogP contribution in [-0.2, 0) is 0 Å². The summed E-state index contributed by atoms with van der Waals surface area (Å²) >= 11 is 0. The smallest absolute Gasteiger partial charge is 0.127 e. The van der Waals surface area contributed by atoms with Gasteiger partial charge in [0.2, 0.25) is 0 Å². The van der Waals surface area contributed by atoms with Crippen LogP contribution in [-0.4, -0.2) is 30.6 Å². The lowest BCUT2D eigenvalue weighted by Crippen LogP contribution is -2.40. The number of benzene rings is 1. The van der Waals surface area contributed by atoms with Crippen molar-refractivity contribution in [3.05, 3.63) is 35.6 Å². The van der Waals surface area contributed by atoms with E-state index in [0.29, 0.717) is 6.04 Å². The molecule has 1 aromatic carbocycles. The van der Waals surface area contributed by atoms with Crippen LogP contribution in [0.5, 0.6) is 0 Å². The molecule has 0 saturated heterocycles. The molecule has 0 aliphatic carbocycles. The van der Waals surface area contributed by atoms with Crippen molar-refractivity contribution in [2.24, 2.45) is 0 Å². The van der Waals surface area contributed by atoms with Crippen molar-refractivity contribution in [3.63, 3.8) is 0 Å². The van der Waals surface area contributed by atoms with Gasteiger partial charge in [-0.3, -0.25) is 0 Å². The van der Waals surface area contributed by atoms with E-state index in [2.05, 4.69) is 37.9 Å². The number of rotatable bonds is 8. The second kappa shape index (κ2) is 8.28. The topological polar surface area (TPSA) is 15.3 Å². The number of likely N-dealkylation sites (N-methyl/N-ethyl adjacent to an activating group) is 1. The Hall–Kier alpha value is -0.930. The first kappa shape index (κ1) is 16.1. The lowest BCUT2D eigenvalue weighted by Gasteiger charge is -2.27. The number of hydrogen-bond acceptors (Lipinski definition) is 2. The summed E-state index contributed by atoms with van der Waals surface area (Å²) in [6, 6.07) is 7.49. The van der Waals surface area contributed by atoms with E-state index in [1.807, 2.05) is 12.1 Å². The highest BCUT2D eigenvalue weighted by Crippen LogP contribution is 2.20. The van der Waals surface area contributed by atoms with E-state index in [0.717, 1.165) is 31.6 Å². The molecule has 0 aliphatic rings. The van der Waals surface area contributed by atoms with E-state index in [1.165, 1.54) is 6.07 Å². The zero-order valence-corrected chi connectivity index (χ0v) is 12.6. The maximum atomic E-state index is 13.8. The summed E-state index contributed by atoms with van der Waals surface area (Å²) in [5.74, 6) is -0.114. The lowest BCUT2D eigenvalue weighted by atomic mass is 10.0. The minimum atomic E-state index is -0.114. The van der Waals surface area contributed by atoms with Crippen molar-refractivity contribution in [2.45, 2.75) is 46.2 Å². The summed E-state index contributed by atoms with van der Waals surface area (Å²) in [5.41, 5.74) is 0.774. The molecule has 0 aromatic heterocycles. The minimum absolute atomic E-state index is 0.0896. The largest absolute Gasteiger partial charge is 0.306 e. The molecule has 1 rings (SSSR count). The first-order chi connectivity index (χ1) is 9.12. The molecule has 0 heterocycles. The van der Waals surface area contributed by atoms with Gasteiger partial charge in [-0.15, -0.1) is 0 Å². The van der Waals surface area contributed by atoms with E-state index in [9.17, 15) is 4.39 Å². The Morgan fingerprint density at radius 2 is 1.79 bits per heavy atom. The lowest BCUT2D eigenvalue weighted by molar-refractivity contribution is 0.259. The Balaban J connectivity index is 2.64. The molecule has 2 unspecified atom stereocenters. The van der Waals surface area contributed by atoms with Crippen molar-refractivity contribution < 1.29 is 4.39 Å². The highest BCUT2D eigenvalue weighted by atomic mass is 19.1. The Morgan fingerprint density at radius 3 is 2.32 bits per heavy atom.